The van der Waals surface area contributed by atoms with E-state index in [1.54, 1.807) is 0 Å². The quantitative estimate of drug-likeness (QED) is 0.153. The Morgan fingerprint density at radius 1 is 0.466 bits per heavy atom. The molecule has 12 rings (SSSR count). The molecule has 0 spiro atoms. The highest BCUT2D eigenvalue weighted by molar-refractivity contribution is 5.70. The van der Waals surface area contributed by atoms with E-state index in [1.807, 2.05) is 7.05 Å². The van der Waals surface area contributed by atoms with Crippen molar-refractivity contribution in [2.75, 3.05) is 0 Å². The van der Waals surface area contributed by atoms with Crippen molar-refractivity contribution in [2.24, 2.45) is 33.6 Å². The second-order valence-corrected chi connectivity index (χ2v) is 22.0. The van der Waals surface area contributed by atoms with Gasteiger partial charge in [-0.25, -0.2) is 18.3 Å². The van der Waals surface area contributed by atoms with E-state index in [4.69, 9.17) is 4.11 Å². The fraction of sp³-hybridized carbons (Fsp3) is 0.362. The van der Waals surface area contributed by atoms with Crippen LogP contribution in [0.5, 0.6) is 0 Å². The van der Waals surface area contributed by atoms with Crippen molar-refractivity contribution >= 4 is 0 Å². The molecule has 4 aromatic heterocycles. The molecular formula is C69H82N4+4. The Balaban J connectivity index is 0.000000127. The molecule has 8 aromatic rings. The van der Waals surface area contributed by atoms with Gasteiger partial charge in [-0.1, -0.05) is 87.0 Å². The van der Waals surface area contributed by atoms with E-state index in [0.717, 1.165) is 65.7 Å². The van der Waals surface area contributed by atoms with Crippen LogP contribution < -0.4 is 18.3 Å². The lowest BCUT2D eigenvalue weighted by molar-refractivity contribution is -0.661. The van der Waals surface area contributed by atoms with Crippen LogP contribution in [0.4, 0.5) is 0 Å². The average Bonchev–Trinajstić information content (AvgIpc) is 4.18. The van der Waals surface area contributed by atoms with Gasteiger partial charge in [-0.2, -0.15) is 0 Å². The summed E-state index contributed by atoms with van der Waals surface area (Å²) < 4.78 is 44.7. The molecular weight excluding hydrogens is 885 g/mol. The van der Waals surface area contributed by atoms with E-state index >= 15 is 0 Å². The van der Waals surface area contributed by atoms with E-state index in [-0.39, 0.29) is 5.41 Å². The van der Waals surface area contributed by atoms with Crippen molar-refractivity contribution < 1.29 is 23.8 Å². The number of nitrogens with zero attached hydrogens (tertiary/aromatic N) is 4. The molecule has 0 radical (unpaired) electrons. The summed E-state index contributed by atoms with van der Waals surface area (Å²) in [5.41, 5.74) is 24.2. The van der Waals surface area contributed by atoms with Crippen molar-refractivity contribution in [2.45, 2.75) is 131 Å². The highest BCUT2D eigenvalue weighted by Gasteiger charge is 2.54. The standard InChI is InChI=1S/C20H24N.C18H20N.C16H20N.C15H18N/c1-13-7-5-6-8-14(13)19-18-15(11-12-21(19)4)16-9-10-17(18)20(16,2)3;1-12-5-3-4-6-15(12)18-17-14-8-7-13(11-14)16(17)9-10-19(18)2;1-5-14-7-8-15(13(3)10-14)16-9-6-12(2)11-17(16)4;1-11-5-7-14(13(3)9-11)15-8-6-12(2)10-16(15)4/h5-8,11-12,16-17H,9-10H2,1-4H3;3-6,9-10,13-14H,7-8,11H2,1-2H3;6-11H,5H2,1-4H3;5-10H,1-4H3/q4*+1/i16D,17D;13D,14D;;. The Morgan fingerprint density at radius 3 is 1.49 bits per heavy atom. The van der Waals surface area contributed by atoms with Crippen LogP contribution in [0.25, 0.3) is 45.0 Å². The lowest BCUT2D eigenvalue weighted by Gasteiger charge is -2.24. The summed E-state index contributed by atoms with van der Waals surface area (Å²) in [6.07, 6.45) is 13.4. The van der Waals surface area contributed by atoms with Gasteiger partial charge in [0.15, 0.2) is 24.8 Å². The first-order chi connectivity index (χ1) is 36.4. The number of aryl methyl sites for hydroxylation is 12. The lowest BCUT2D eigenvalue weighted by atomic mass is 9.79. The molecule has 2 fully saturated rings. The Morgan fingerprint density at radius 2 is 0.959 bits per heavy atom. The molecule has 4 atom stereocenters. The Bertz CT molecular complexity index is 3530. The molecule has 0 amide bonds. The molecule has 374 valence electrons. The minimum absolute atomic E-state index is 0.367. The summed E-state index contributed by atoms with van der Waals surface area (Å²) in [4.78, 5) is 0. The summed E-state index contributed by atoms with van der Waals surface area (Å²) in [5, 5.41) is 0. The van der Waals surface area contributed by atoms with Gasteiger partial charge in [0.05, 0.1) is 0 Å². The van der Waals surface area contributed by atoms with Crippen LogP contribution in [0.15, 0.2) is 146 Å². The van der Waals surface area contributed by atoms with Gasteiger partial charge >= 0.3 is 0 Å². The van der Waals surface area contributed by atoms with E-state index in [0.29, 0.717) is 6.42 Å². The predicted molar refractivity (Wildman–Crippen MR) is 303 cm³/mol. The predicted octanol–water partition coefficient (Wildman–Crippen LogP) is 14.8. The van der Waals surface area contributed by atoms with E-state index in [9.17, 15) is 1.37 Å². The zero-order chi connectivity index (χ0) is 55.6. The Kier molecular flexibility index (Phi) is 13.4. The summed E-state index contributed by atoms with van der Waals surface area (Å²) in [7, 11) is 8.31. The van der Waals surface area contributed by atoms with Gasteiger partial charge in [-0.15, -0.1) is 0 Å². The molecule has 73 heavy (non-hydrogen) atoms. The van der Waals surface area contributed by atoms with E-state index in [2.05, 4.69) is 255 Å². The van der Waals surface area contributed by atoms with Gasteiger partial charge in [0.2, 0.25) is 22.8 Å². The molecule has 2 saturated carbocycles. The first-order valence-electron chi connectivity index (χ1n) is 28.7. The molecule has 4 unspecified atom stereocenters. The van der Waals surface area contributed by atoms with Gasteiger partial charge in [0.25, 0.3) is 0 Å². The van der Waals surface area contributed by atoms with Gasteiger partial charge in [-0.3, -0.25) is 0 Å². The largest absolute Gasteiger partial charge is 0.216 e. The number of hydrogen-bond acceptors (Lipinski definition) is 0. The van der Waals surface area contributed by atoms with Gasteiger partial charge in [0.1, 0.15) is 28.2 Å². The van der Waals surface area contributed by atoms with Crippen molar-refractivity contribution in [3.63, 3.8) is 0 Å². The second-order valence-electron chi connectivity index (χ2n) is 22.0. The first kappa shape index (κ1) is 46.3. The number of hydrogen-bond donors (Lipinski definition) is 0. The van der Waals surface area contributed by atoms with Crippen LogP contribution in [0.3, 0.4) is 0 Å². The first-order valence-corrected chi connectivity index (χ1v) is 26.7. The minimum atomic E-state index is -0.680. The summed E-state index contributed by atoms with van der Waals surface area (Å²) >= 11 is 0. The normalized spacial score (nSPS) is 23.0. The van der Waals surface area contributed by atoms with Crippen molar-refractivity contribution in [1.82, 2.24) is 0 Å². The van der Waals surface area contributed by atoms with Crippen LogP contribution in [0.1, 0.15) is 149 Å². The highest BCUT2D eigenvalue weighted by Crippen LogP contribution is 2.65. The molecule has 4 aliphatic rings. The second kappa shape index (κ2) is 21.1. The molecule has 4 aromatic carbocycles. The van der Waals surface area contributed by atoms with Crippen molar-refractivity contribution in [3.8, 4) is 45.0 Å². The topological polar surface area (TPSA) is 15.5 Å². The number of benzene rings is 4. The zero-order valence-electron chi connectivity index (χ0n) is 50.4. The van der Waals surface area contributed by atoms with Crippen molar-refractivity contribution in [3.05, 3.63) is 213 Å². The molecule has 4 heteroatoms. The number of aromatic nitrogens is 4. The number of pyridine rings is 4. The molecule has 4 bridgehead atoms. The third-order valence-corrected chi connectivity index (χ3v) is 16.3. The summed E-state index contributed by atoms with van der Waals surface area (Å²) in [6, 6.07) is 43.0. The fourth-order valence-electron chi connectivity index (χ4n) is 12.4. The molecule has 4 aliphatic carbocycles. The Labute approximate surface area is 444 Å². The summed E-state index contributed by atoms with van der Waals surface area (Å²) in [6.45, 7) is 21.4. The summed E-state index contributed by atoms with van der Waals surface area (Å²) in [5.74, 6) is -2.44. The smallest absolute Gasteiger partial charge is 0.201 e. The number of fused-ring (bicyclic) bond motifs is 10. The fourth-order valence-corrected chi connectivity index (χ4v) is 12.4. The van der Waals surface area contributed by atoms with Gasteiger partial charge in [0, 0.05) is 74.3 Å². The number of rotatable bonds is 5. The Hall–Kier alpha value is -6.52. The maximum atomic E-state index is 9.30. The van der Waals surface area contributed by atoms with Gasteiger partial charge in [-0.05, 0) is 191 Å². The monoisotopic (exact) mass is 971 g/mol. The molecule has 4 nitrogen and oxygen atoms in total. The minimum Gasteiger partial charge on any atom is -0.201 e. The third-order valence-electron chi connectivity index (χ3n) is 16.3. The van der Waals surface area contributed by atoms with Crippen molar-refractivity contribution in [1.29, 1.82) is 0 Å². The van der Waals surface area contributed by atoms with Crippen LogP contribution >= 0.6 is 0 Å². The molecule has 4 heterocycles. The third kappa shape index (κ3) is 10.1. The maximum Gasteiger partial charge on any atom is 0.216 e. The zero-order valence-corrected chi connectivity index (χ0v) is 46.4. The van der Waals surface area contributed by atoms with E-state index in [1.165, 1.54) is 78.1 Å². The molecule has 0 saturated heterocycles. The van der Waals surface area contributed by atoms with Crippen LogP contribution in [-0.2, 0) is 34.6 Å². The van der Waals surface area contributed by atoms with Crippen LogP contribution in [-0.4, -0.2) is 0 Å². The van der Waals surface area contributed by atoms with E-state index < -0.39 is 23.6 Å². The lowest BCUT2D eigenvalue weighted by Crippen LogP contribution is -2.33. The average molecular weight is 971 g/mol. The molecule has 0 aliphatic heterocycles. The van der Waals surface area contributed by atoms with Crippen LogP contribution in [0, 0.1) is 53.9 Å². The van der Waals surface area contributed by atoms with Crippen LogP contribution in [0.2, 0.25) is 0 Å². The van der Waals surface area contributed by atoms with Gasteiger partial charge < -0.3 is 0 Å². The highest BCUT2D eigenvalue weighted by atomic mass is 14.9. The molecule has 0 N–H and O–H groups in total. The maximum absolute atomic E-state index is 9.30. The SMILES string of the molecule is CCc1ccc(-c2ccc(C)c[n+]2C)c(C)c1.Cc1ccc(-c2ccc(C)c[n+]2C)c(C)c1.[2H]C12CCC([2H])(C1)c1c2cc[n+](C)c1-c1ccccc1C.[2H]C12CCC([2H])(c3c1cc[n+](C)c3-c1ccccc1C)C2(C)C.